The maximum atomic E-state index is 10.3. The van der Waals surface area contributed by atoms with Gasteiger partial charge < -0.3 is 10.3 Å². The van der Waals surface area contributed by atoms with Crippen LogP contribution in [0.1, 0.15) is 29.3 Å². The average molecular weight is 333 g/mol. The molecule has 2 aliphatic rings. The summed E-state index contributed by atoms with van der Waals surface area (Å²) in [5.74, 6) is -0.312. The van der Waals surface area contributed by atoms with E-state index in [1.165, 1.54) is 17.7 Å². The molecule has 0 bridgehead atoms. The minimum atomic E-state index is -0.956. The summed E-state index contributed by atoms with van der Waals surface area (Å²) in [6, 6.07) is 9.95. The molecular weight excluding hydrogens is 316 g/mol. The number of carboxylic acids is 1. The number of hydrogen-bond donors (Lipinski definition) is 2. The van der Waals surface area contributed by atoms with Gasteiger partial charge in [-0.2, -0.15) is 4.73 Å². The van der Waals surface area contributed by atoms with E-state index in [4.69, 9.17) is 16.7 Å². The Labute approximate surface area is 139 Å². The lowest BCUT2D eigenvalue weighted by Gasteiger charge is -2.04. The number of carbonyl (C=O) groups is 1. The van der Waals surface area contributed by atoms with Gasteiger partial charge in [0, 0.05) is 23.0 Å². The van der Waals surface area contributed by atoms with Crippen LogP contribution in [0.15, 0.2) is 48.8 Å². The van der Waals surface area contributed by atoms with Crippen molar-refractivity contribution in [3.63, 3.8) is 0 Å². The minimum Gasteiger partial charge on any atom is -0.478 e. The largest absolute Gasteiger partial charge is 0.478 e. The second-order valence-electron chi connectivity index (χ2n) is 4.94. The Balaban J connectivity index is 0.000000174. The van der Waals surface area contributed by atoms with Crippen LogP contribution in [0, 0.1) is 0 Å². The lowest BCUT2D eigenvalue weighted by molar-refractivity contribution is 0.0697. The molecule has 120 valence electrons. The molecule has 1 aromatic carbocycles. The van der Waals surface area contributed by atoms with E-state index in [1.54, 1.807) is 18.3 Å². The molecule has 0 unspecified atom stereocenters. The SMILES string of the molecule is CCCc1cnc2n(O)cccc1-2.O=C(O)c1cccc(Cl)c1. The Kier molecular flexibility index (Phi) is 5.60. The first-order valence-electron chi connectivity index (χ1n) is 7.16. The van der Waals surface area contributed by atoms with Gasteiger partial charge in [0.1, 0.15) is 0 Å². The van der Waals surface area contributed by atoms with Crippen molar-refractivity contribution in [1.82, 2.24) is 9.71 Å². The number of rotatable bonds is 3. The Hall–Kier alpha value is -2.53. The highest BCUT2D eigenvalue weighted by Crippen LogP contribution is 2.24. The molecule has 2 N–H and O–H groups in total. The van der Waals surface area contributed by atoms with Crippen LogP contribution >= 0.6 is 11.6 Å². The van der Waals surface area contributed by atoms with Gasteiger partial charge in [0.25, 0.3) is 0 Å². The molecule has 5 nitrogen and oxygen atoms in total. The molecule has 0 aliphatic carbocycles. The van der Waals surface area contributed by atoms with Crippen molar-refractivity contribution in [3.8, 4) is 11.4 Å². The van der Waals surface area contributed by atoms with E-state index in [2.05, 4.69) is 11.9 Å². The summed E-state index contributed by atoms with van der Waals surface area (Å²) in [5, 5.41) is 18.3. The average Bonchev–Trinajstić information content (AvgIpc) is 2.93. The van der Waals surface area contributed by atoms with Crippen LogP contribution in [0.5, 0.6) is 0 Å². The van der Waals surface area contributed by atoms with E-state index >= 15 is 0 Å². The highest BCUT2D eigenvalue weighted by atomic mass is 35.5. The summed E-state index contributed by atoms with van der Waals surface area (Å²) < 4.78 is 1.06. The van der Waals surface area contributed by atoms with E-state index < -0.39 is 5.97 Å². The lowest BCUT2D eigenvalue weighted by Crippen LogP contribution is -1.97. The number of pyridine rings is 1. The smallest absolute Gasteiger partial charge is 0.335 e. The fraction of sp³-hybridized carbons (Fsp3) is 0.176. The predicted octanol–water partition coefficient (Wildman–Crippen LogP) is 4.22. The van der Waals surface area contributed by atoms with Crippen LogP contribution in [0.4, 0.5) is 0 Å². The molecule has 0 saturated heterocycles. The number of aromatic nitrogens is 2. The summed E-state index contributed by atoms with van der Waals surface area (Å²) in [6.07, 6.45) is 5.54. The second-order valence-corrected chi connectivity index (χ2v) is 5.38. The Morgan fingerprint density at radius 3 is 2.70 bits per heavy atom. The van der Waals surface area contributed by atoms with Gasteiger partial charge in [-0.05, 0) is 42.3 Å². The molecule has 0 spiro atoms. The zero-order valence-electron chi connectivity index (χ0n) is 12.6. The first-order valence-corrected chi connectivity index (χ1v) is 7.53. The van der Waals surface area contributed by atoms with Crippen molar-refractivity contribution in [1.29, 1.82) is 0 Å². The van der Waals surface area contributed by atoms with Crippen LogP contribution in [0.3, 0.4) is 0 Å². The summed E-state index contributed by atoms with van der Waals surface area (Å²) in [5.41, 5.74) is 2.47. The zero-order chi connectivity index (χ0) is 16.8. The minimum absolute atomic E-state index is 0.215. The van der Waals surface area contributed by atoms with Crippen molar-refractivity contribution < 1.29 is 15.1 Å². The van der Waals surface area contributed by atoms with Crippen molar-refractivity contribution in [3.05, 3.63) is 64.9 Å². The third kappa shape index (κ3) is 4.23. The van der Waals surface area contributed by atoms with Gasteiger partial charge in [0.15, 0.2) is 5.82 Å². The first-order chi connectivity index (χ1) is 11.0. The fourth-order valence-electron chi connectivity index (χ4n) is 2.17. The summed E-state index contributed by atoms with van der Waals surface area (Å²) in [6.45, 7) is 2.13. The summed E-state index contributed by atoms with van der Waals surface area (Å²) in [7, 11) is 0. The Morgan fingerprint density at radius 1 is 1.30 bits per heavy atom. The first kappa shape index (κ1) is 16.8. The highest BCUT2D eigenvalue weighted by molar-refractivity contribution is 6.30. The maximum absolute atomic E-state index is 10.3. The lowest BCUT2D eigenvalue weighted by atomic mass is 10.1. The monoisotopic (exact) mass is 332 g/mol. The van der Waals surface area contributed by atoms with E-state index in [-0.39, 0.29) is 5.56 Å². The van der Waals surface area contributed by atoms with Gasteiger partial charge in [-0.25, -0.2) is 9.78 Å². The maximum Gasteiger partial charge on any atom is 0.335 e. The van der Waals surface area contributed by atoms with Gasteiger partial charge in [-0.3, -0.25) is 0 Å². The van der Waals surface area contributed by atoms with Crippen LogP contribution in [0.2, 0.25) is 5.02 Å². The fourth-order valence-corrected chi connectivity index (χ4v) is 2.36. The number of benzene rings is 1. The summed E-state index contributed by atoms with van der Waals surface area (Å²) >= 11 is 5.53. The number of aryl methyl sites for hydroxylation is 1. The van der Waals surface area contributed by atoms with E-state index in [1.807, 2.05) is 18.3 Å². The summed E-state index contributed by atoms with van der Waals surface area (Å²) in [4.78, 5) is 14.4. The van der Waals surface area contributed by atoms with Crippen LogP contribution in [-0.4, -0.2) is 26.0 Å². The predicted molar refractivity (Wildman–Crippen MR) is 88.4 cm³/mol. The van der Waals surface area contributed by atoms with Crippen LogP contribution < -0.4 is 0 Å². The van der Waals surface area contributed by atoms with Gasteiger partial charge in [-0.1, -0.05) is 31.0 Å². The van der Waals surface area contributed by atoms with Crippen molar-refractivity contribution >= 4 is 17.6 Å². The van der Waals surface area contributed by atoms with Gasteiger partial charge in [0.2, 0.25) is 0 Å². The van der Waals surface area contributed by atoms with Crippen molar-refractivity contribution in [2.24, 2.45) is 0 Å². The number of fused-ring (bicyclic) bond motifs is 1. The van der Waals surface area contributed by atoms with Gasteiger partial charge >= 0.3 is 5.97 Å². The number of hydrogen-bond acceptors (Lipinski definition) is 3. The van der Waals surface area contributed by atoms with Crippen LogP contribution in [0.25, 0.3) is 11.4 Å². The number of halogens is 1. The standard InChI is InChI=1S/C10H12N2O.C7H5ClO2/c1-2-4-8-7-11-10-9(8)5-3-6-12(10)13;8-6-3-1-2-5(4-6)7(9)10/h3,5-7,13H,2,4H2,1H3;1-4H,(H,9,10). The molecule has 2 aliphatic heterocycles. The molecule has 2 heterocycles. The molecule has 1 aromatic rings. The topological polar surface area (TPSA) is 75.3 Å². The number of nitrogens with zero attached hydrogens (tertiary/aromatic N) is 2. The molecule has 0 amide bonds. The van der Waals surface area contributed by atoms with E-state index in [0.717, 1.165) is 23.1 Å². The quantitative estimate of drug-likeness (QED) is 0.704. The second kappa shape index (κ2) is 7.65. The normalized spacial score (nSPS) is 10.2. The highest BCUT2D eigenvalue weighted by Gasteiger charge is 2.12. The van der Waals surface area contributed by atoms with Crippen molar-refractivity contribution in [2.75, 3.05) is 0 Å². The zero-order valence-corrected chi connectivity index (χ0v) is 13.4. The van der Waals surface area contributed by atoms with E-state index in [9.17, 15) is 10.0 Å². The molecule has 0 fully saturated rings. The number of aromatic carboxylic acids is 1. The molecule has 6 heteroatoms. The third-order valence-corrected chi connectivity index (χ3v) is 3.46. The molecule has 0 atom stereocenters. The Morgan fingerprint density at radius 2 is 2.09 bits per heavy atom. The third-order valence-electron chi connectivity index (χ3n) is 3.23. The van der Waals surface area contributed by atoms with Gasteiger partial charge in [0.05, 0.1) is 5.56 Å². The molecular formula is C17H17ClN2O3. The molecule has 23 heavy (non-hydrogen) atoms. The van der Waals surface area contributed by atoms with Crippen LogP contribution in [-0.2, 0) is 6.42 Å². The van der Waals surface area contributed by atoms with Gasteiger partial charge in [-0.15, -0.1) is 0 Å². The molecule has 0 aromatic heterocycles. The molecule has 0 saturated carbocycles. The van der Waals surface area contributed by atoms with Crippen molar-refractivity contribution in [2.45, 2.75) is 19.8 Å². The molecule has 3 rings (SSSR count). The number of carboxylic acid groups (broad SMARTS) is 1. The van der Waals surface area contributed by atoms with E-state index in [0.29, 0.717) is 10.8 Å². The molecule has 0 radical (unpaired) electrons. The Bertz CT molecular complexity index is 770.